The van der Waals surface area contributed by atoms with E-state index < -0.39 is 0 Å². The number of halogens is 1. The highest BCUT2D eigenvalue weighted by molar-refractivity contribution is 6.34. The molecule has 1 fully saturated rings. The van der Waals surface area contributed by atoms with Crippen molar-refractivity contribution in [3.8, 4) is 5.75 Å². The second-order valence-corrected chi connectivity index (χ2v) is 8.51. The third-order valence-corrected chi connectivity index (χ3v) is 5.85. The quantitative estimate of drug-likeness (QED) is 0.404. The maximum absolute atomic E-state index is 12.7. The number of unbranched alkanes of at least 4 members (excludes halogenated alkanes) is 1. The van der Waals surface area contributed by atoms with Gasteiger partial charge in [0, 0.05) is 11.7 Å². The Morgan fingerprint density at radius 3 is 2.66 bits per heavy atom. The van der Waals surface area contributed by atoms with E-state index in [4.69, 9.17) is 16.3 Å². The summed E-state index contributed by atoms with van der Waals surface area (Å²) >= 11 is 6.27. The zero-order valence-corrected chi connectivity index (χ0v) is 19.3. The lowest BCUT2D eigenvalue weighted by molar-refractivity contribution is -0.114. The Bertz CT molecular complexity index is 913. The SMILES string of the molecule is CCCCOc1ccccc1NC(=O)CNc1ccc(Cl)c(C(=O)NC2CCCCC2)c1. The van der Waals surface area contributed by atoms with Crippen LogP contribution in [0.4, 0.5) is 11.4 Å². The van der Waals surface area contributed by atoms with Gasteiger partial charge in [-0.25, -0.2) is 0 Å². The molecule has 2 aromatic carbocycles. The summed E-state index contributed by atoms with van der Waals surface area (Å²) in [5, 5.41) is 9.43. The molecule has 1 saturated carbocycles. The molecule has 0 heterocycles. The predicted molar refractivity (Wildman–Crippen MR) is 130 cm³/mol. The topological polar surface area (TPSA) is 79.5 Å². The van der Waals surface area contributed by atoms with Gasteiger partial charge in [-0.05, 0) is 49.6 Å². The molecule has 0 bridgehead atoms. The van der Waals surface area contributed by atoms with Gasteiger partial charge in [-0.2, -0.15) is 0 Å². The van der Waals surface area contributed by atoms with E-state index in [1.54, 1.807) is 18.2 Å². The monoisotopic (exact) mass is 457 g/mol. The molecule has 0 atom stereocenters. The van der Waals surface area contributed by atoms with Crippen LogP contribution in [-0.2, 0) is 4.79 Å². The highest BCUT2D eigenvalue weighted by Crippen LogP contribution is 2.25. The molecular weight excluding hydrogens is 426 g/mol. The Morgan fingerprint density at radius 1 is 1.09 bits per heavy atom. The zero-order valence-electron chi connectivity index (χ0n) is 18.6. The second kappa shape index (κ2) is 12.3. The van der Waals surface area contributed by atoms with Crippen LogP contribution in [0.15, 0.2) is 42.5 Å². The van der Waals surface area contributed by atoms with Crippen molar-refractivity contribution in [2.45, 2.75) is 57.9 Å². The van der Waals surface area contributed by atoms with Crippen molar-refractivity contribution in [2.24, 2.45) is 0 Å². The molecule has 0 aromatic heterocycles. The number of nitrogens with one attached hydrogen (secondary N) is 3. The van der Waals surface area contributed by atoms with Gasteiger partial charge < -0.3 is 20.7 Å². The summed E-state index contributed by atoms with van der Waals surface area (Å²) < 4.78 is 5.76. The zero-order chi connectivity index (χ0) is 22.8. The number of benzene rings is 2. The summed E-state index contributed by atoms with van der Waals surface area (Å²) in [6.45, 7) is 2.76. The molecule has 2 amide bonds. The molecule has 0 aliphatic heterocycles. The fourth-order valence-corrected chi connectivity index (χ4v) is 3.92. The van der Waals surface area contributed by atoms with E-state index in [-0.39, 0.29) is 24.4 Å². The number of rotatable bonds is 10. The molecule has 0 spiro atoms. The minimum absolute atomic E-state index is 0.0502. The summed E-state index contributed by atoms with van der Waals surface area (Å²) in [6.07, 6.45) is 7.52. The Kier molecular flexibility index (Phi) is 9.23. The summed E-state index contributed by atoms with van der Waals surface area (Å²) in [5.41, 5.74) is 1.71. The third-order valence-electron chi connectivity index (χ3n) is 5.52. The lowest BCUT2D eigenvalue weighted by atomic mass is 9.95. The summed E-state index contributed by atoms with van der Waals surface area (Å²) in [4.78, 5) is 25.2. The Hall–Kier alpha value is -2.73. The fraction of sp³-hybridized carbons (Fsp3) is 0.440. The highest BCUT2D eigenvalue weighted by Gasteiger charge is 2.19. The van der Waals surface area contributed by atoms with Crippen LogP contribution in [0.5, 0.6) is 5.75 Å². The van der Waals surface area contributed by atoms with Gasteiger partial charge in [0.1, 0.15) is 5.75 Å². The van der Waals surface area contributed by atoms with Gasteiger partial charge in [-0.1, -0.05) is 56.3 Å². The molecule has 0 radical (unpaired) electrons. The first-order valence-corrected chi connectivity index (χ1v) is 11.8. The van der Waals surface area contributed by atoms with Crippen LogP contribution in [0.3, 0.4) is 0 Å². The minimum atomic E-state index is -0.209. The van der Waals surface area contributed by atoms with E-state index >= 15 is 0 Å². The summed E-state index contributed by atoms with van der Waals surface area (Å²) in [5.74, 6) is 0.273. The van der Waals surface area contributed by atoms with Gasteiger partial charge in [0.25, 0.3) is 5.91 Å². The van der Waals surface area contributed by atoms with Gasteiger partial charge in [0.2, 0.25) is 5.91 Å². The molecule has 32 heavy (non-hydrogen) atoms. The number of amides is 2. The molecular formula is C25H32ClN3O3. The normalized spacial score (nSPS) is 13.9. The largest absolute Gasteiger partial charge is 0.491 e. The van der Waals surface area contributed by atoms with Gasteiger partial charge in [0.15, 0.2) is 0 Å². The maximum Gasteiger partial charge on any atom is 0.253 e. The average Bonchev–Trinajstić information content (AvgIpc) is 2.80. The number of anilines is 2. The van der Waals surface area contributed by atoms with E-state index in [1.807, 2.05) is 24.3 Å². The number of hydrogen-bond donors (Lipinski definition) is 3. The average molecular weight is 458 g/mol. The number of carbonyl (C=O) groups excluding carboxylic acids is 2. The van der Waals surface area contributed by atoms with E-state index in [2.05, 4.69) is 22.9 Å². The van der Waals surface area contributed by atoms with Crippen LogP contribution in [0.2, 0.25) is 5.02 Å². The Labute approximate surface area is 195 Å². The standard InChI is InChI=1S/C25H32ClN3O3/c1-2-3-15-32-23-12-8-7-11-22(23)29-24(30)17-27-19-13-14-21(26)20(16-19)25(31)28-18-9-5-4-6-10-18/h7-8,11-14,16,18,27H,2-6,9-10,15,17H2,1H3,(H,28,31)(H,29,30). The summed E-state index contributed by atoms with van der Waals surface area (Å²) in [7, 11) is 0. The van der Waals surface area contributed by atoms with Crippen molar-refractivity contribution in [3.63, 3.8) is 0 Å². The van der Waals surface area contributed by atoms with Crippen molar-refractivity contribution in [1.82, 2.24) is 5.32 Å². The molecule has 0 saturated heterocycles. The first kappa shape index (κ1) is 23.9. The maximum atomic E-state index is 12.7. The second-order valence-electron chi connectivity index (χ2n) is 8.10. The number of hydrogen-bond acceptors (Lipinski definition) is 4. The van der Waals surface area contributed by atoms with Crippen LogP contribution >= 0.6 is 11.6 Å². The summed E-state index contributed by atoms with van der Waals surface area (Å²) in [6, 6.07) is 12.7. The van der Waals surface area contributed by atoms with Gasteiger partial charge in [0.05, 0.1) is 29.4 Å². The van der Waals surface area contributed by atoms with E-state index in [0.29, 0.717) is 34.3 Å². The minimum Gasteiger partial charge on any atom is -0.491 e. The van der Waals surface area contributed by atoms with Crippen molar-refractivity contribution in [3.05, 3.63) is 53.1 Å². The molecule has 1 aliphatic rings. The van der Waals surface area contributed by atoms with E-state index in [1.165, 1.54) is 6.42 Å². The molecule has 0 unspecified atom stereocenters. The van der Waals surface area contributed by atoms with Crippen LogP contribution in [-0.4, -0.2) is 31.0 Å². The first-order valence-electron chi connectivity index (χ1n) is 11.4. The van der Waals surface area contributed by atoms with Crippen molar-refractivity contribution < 1.29 is 14.3 Å². The molecule has 3 rings (SSSR count). The highest BCUT2D eigenvalue weighted by atomic mass is 35.5. The molecule has 3 N–H and O–H groups in total. The third kappa shape index (κ3) is 7.16. The lowest BCUT2D eigenvalue weighted by Gasteiger charge is -2.23. The molecule has 6 nitrogen and oxygen atoms in total. The molecule has 7 heteroatoms. The van der Waals surface area contributed by atoms with Crippen LogP contribution in [0.1, 0.15) is 62.2 Å². The van der Waals surface area contributed by atoms with Gasteiger partial charge in [-0.15, -0.1) is 0 Å². The van der Waals surface area contributed by atoms with E-state index in [9.17, 15) is 9.59 Å². The van der Waals surface area contributed by atoms with Gasteiger partial charge in [-0.3, -0.25) is 9.59 Å². The fourth-order valence-electron chi connectivity index (χ4n) is 3.72. The van der Waals surface area contributed by atoms with Crippen molar-refractivity contribution >= 4 is 34.8 Å². The van der Waals surface area contributed by atoms with Crippen LogP contribution < -0.4 is 20.7 Å². The van der Waals surface area contributed by atoms with Crippen LogP contribution in [0.25, 0.3) is 0 Å². The number of ether oxygens (including phenoxy) is 1. The first-order chi connectivity index (χ1) is 15.6. The molecule has 172 valence electrons. The van der Waals surface area contributed by atoms with Crippen molar-refractivity contribution in [1.29, 1.82) is 0 Å². The Balaban J connectivity index is 1.56. The number of carbonyl (C=O) groups is 2. The number of para-hydroxylation sites is 2. The van der Waals surface area contributed by atoms with Crippen molar-refractivity contribution in [2.75, 3.05) is 23.8 Å². The lowest BCUT2D eigenvalue weighted by Crippen LogP contribution is -2.36. The molecule has 2 aromatic rings. The predicted octanol–water partition coefficient (Wildman–Crippen LogP) is 5.63. The van der Waals surface area contributed by atoms with E-state index in [0.717, 1.165) is 38.5 Å². The smallest absolute Gasteiger partial charge is 0.253 e. The van der Waals surface area contributed by atoms with Crippen LogP contribution in [0, 0.1) is 0 Å². The van der Waals surface area contributed by atoms with Gasteiger partial charge >= 0.3 is 0 Å². The molecule has 1 aliphatic carbocycles. The Morgan fingerprint density at radius 2 is 1.88 bits per heavy atom.